The molecule has 3 rings (SSSR count). The van der Waals surface area contributed by atoms with E-state index in [0.717, 1.165) is 22.2 Å². The molecule has 0 saturated heterocycles. The number of hydrogen-bond acceptors (Lipinski definition) is 4. The van der Waals surface area contributed by atoms with Gasteiger partial charge in [0.2, 0.25) is 21.8 Å². The molecule has 0 aromatic heterocycles. The molecule has 11 heteroatoms. The quantitative estimate of drug-likeness (QED) is 0.296. The first-order chi connectivity index (χ1) is 18.9. The Morgan fingerprint density at radius 2 is 1.70 bits per heavy atom. The van der Waals surface area contributed by atoms with Crippen molar-refractivity contribution in [1.29, 1.82) is 0 Å². The van der Waals surface area contributed by atoms with Gasteiger partial charge in [-0.3, -0.25) is 13.9 Å². The second-order valence-electron chi connectivity index (χ2n) is 9.53. The largest absolute Gasteiger partial charge is 0.352 e. The molecule has 2 amide bonds. The Kier molecular flexibility index (Phi) is 11.0. The van der Waals surface area contributed by atoms with E-state index >= 15 is 0 Å². The smallest absolute Gasteiger partial charge is 0.244 e. The number of halogens is 3. The maximum absolute atomic E-state index is 14.0. The molecule has 0 fully saturated rings. The van der Waals surface area contributed by atoms with E-state index in [9.17, 15) is 22.4 Å². The number of rotatable bonds is 12. The SMILES string of the molecule is CC[C@H](C)NC(=O)[C@@H](Cc1ccccc1)N(Cc1ccc(Cl)cc1Cl)C(=O)CN(c1cccc(F)c1)S(C)(=O)=O. The Balaban J connectivity index is 2.09. The summed E-state index contributed by atoms with van der Waals surface area (Å²) < 4.78 is 40.3. The molecule has 0 unspecified atom stereocenters. The van der Waals surface area contributed by atoms with E-state index < -0.39 is 40.2 Å². The third-order valence-electron chi connectivity index (χ3n) is 6.40. The summed E-state index contributed by atoms with van der Waals surface area (Å²) in [7, 11) is -4.00. The summed E-state index contributed by atoms with van der Waals surface area (Å²) in [5.41, 5.74) is 1.31. The van der Waals surface area contributed by atoms with Crippen LogP contribution < -0.4 is 9.62 Å². The summed E-state index contributed by atoms with van der Waals surface area (Å²) in [5, 5.41) is 3.64. The van der Waals surface area contributed by atoms with Crippen molar-refractivity contribution in [2.75, 3.05) is 17.1 Å². The van der Waals surface area contributed by atoms with Crippen molar-refractivity contribution >= 4 is 50.7 Å². The summed E-state index contributed by atoms with van der Waals surface area (Å²) in [6.07, 6.45) is 1.77. The number of nitrogens with zero attached hydrogens (tertiary/aromatic N) is 2. The molecule has 7 nitrogen and oxygen atoms in total. The number of sulfonamides is 1. The number of benzene rings is 3. The fourth-order valence-corrected chi connectivity index (χ4v) is 5.38. The lowest BCUT2D eigenvalue weighted by atomic mass is 10.0. The topological polar surface area (TPSA) is 86.8 Å². The Labute approximate surface area is 244 Å². The molecule has 0 aliphatic heterocycles. The number of carbonyl (C=O) groups excluding carboxylic acids is 2. The van der Waals surface area contributed by atoms with Gasteiger partial charge in [-0.2, -0.15) is 0 Å². The maximum atomic E-state index is 14.0. The van der Waals surface area contributed by atoms with Crippen LogP contribution in [0.1, 0.15) is 31.4 Å². The van der Waals surface area contributed by atoms with Gasteiger partial charge < -0.3 is 10.2 Å². The molecule has 3 aromatic rings. The highest BCUT2D eigenvalue weighted by Crippen LogP contribution is 2.25. The minimum Gasteiger partial charge on any atom is -0.352 e. The van der Waals surface area contributed by atoms with Crippen LogP contribution in [0.25, 0.3) is 0 Å². The van der Waals surface area contributed by atoms with Gasteiger partial charge in [-0.15, -0.1) is 0 Å². The van der Waals surface area contributed by atoms with Crippen molar-refractivity contribution in [3.05, 3.63) is 99.8 Å². The van der Waals surface area contributed by atoms with Crippen molar-refractivity contribution in [1.82, 2.24) is 10.2 Å². The van der Waals surface area contributed by atoms with Crippen molar-refractivity contribution < 1.29 is 22.4 Å². The van der Waals surface area contributed by atoms with Crippen LogP contribution in [0.15, 0.2) is 72.8 Å². The van der Waals surface area contributed by atoms with Crippen LogP contribution in [0.5, 0.6) is 0 Å². The Morgan fingerprint density at radius 1 is 1.00 bits per heavy atom. The molecule has 0 aliphatic carbocycles. The molecule has 0 radical (unpaired) electrons. The minimum atomic E-state index is -4.00. The fraction of sp³-hybridized carbons (Fsp3) is 0.310. The van der Waals surface area contributed by atoms with Crippen molar-refractivity contribution in [2.45, 2.75) is 45.3 Å². The molecule has 0 spiro atoms. The predicted molar refractivity (Wildman–Crippen MR) is 157 cm³/mol. The van der Waals surface area contributed by atoms with Crippen molar-refractivity contribution in [2.24, 2.45) is 0 Å². The summed E-state index contributed by atoms with van der Waals surface area (Å²) in [6.45, 7) is 3.03. The van der Waals surface area contributed by atoms with E-state index in [0.29, 0.717) is 17.0 Å². The highest BCUT2D eigenvalue weighted by Gasteiger charge is 2.33. The molecule has 1 N–H and O–H groups in total. The van der Waals surface area contributed by atoms with Gasteiger partial charge in [0.1, 0.15) is 18.4 Å². The zero-order valence-electron chi connectivity index (χ0n) is 22.5. The molecule has 0 bridgehead atoms. The molecule has 0 heterocycles. The molecule has 214 valence electrons. The first-order valence-electron chi connectivity index (χ1n) is 12.7. The summed E-state index contributed by atoms with van der Waals surface area (Å²) in [6, 6.07) is 17.8. The van der Waals surface area contributed by atoms with Gasteiger partial charge in [-0.25, -0.2) is 12.8 Å². The van der Waals surface area contributed by atoms with E-state index in [1.807, 2.05) is 44.2 Å². The van der Waals surface area contributed by atoms with Crippen molar-refractivity contribution in [3.8, 4) is 0 Å². The number of anilines is 1. The van der Waals surface area contributed by atoms with Crippen molar-refractivity contribution in [3.63, 3.8) is 0 Å². The average molecular weight is 609 g/mol. The Hall–Kier alpha value is -3.14. The third-order valence-corrected chi connectivity index (χ3v) is 8.13. The lowest BCUT2D eigenvalue weighted by molar-refractivity contribution is -0.140. The van der Waals surface area contributed by atoms with Gasteiger partial charge in [0.25, 0.3) is 0 Å². The molecule has 40 heavy (non-hydrogen) atoms. The monoisotopic (exact) mass is 607 g/mol. The molecule has 0 aliphatic rings. The van der Waals surface area contributed by atoms with Gasteiger partial charge in [0, 0.05) is 29.1 Å². The van der Waals surface area contributed by atoms with Gasteiger partial charge in [-0.05, 0) is 54.8 Å². The lowest BCUT2D eigenvalue weighted by Gasteiger charge is -2.34. The zero-order chi connectivity index (χ0) is 29.4. The maximum Gasteiger partial charge on any atom is 0.244 e. The second-order valence-corrected chi connectivity index (χ2v) is 12.3. The van der Waals surface area contributed by atoms with Gasteiger partial charge in [0.15, 0.2) is 0 Å². The molecular weight excluding hydrogens is 576 g/mol. The minimum absolute atomic E-state index is 0.0102. The fourth-order valence-electron chi connectivity index (χ4n) is 4.07. The predicted octanol–water partition coefficient (Wildman–Crippen LogP) is 5.45. The summed E-state index contributed by atoms with van der Waals surface area (Å²) in [4.78, 5) is 29.0. The lowest BCUT2D eigenvalue weighted by Crippen LogP contribution is -2.54. The molecule has 3 aromatic carbocycles. The molecule has 0 saturated carbocycles. The standard InChI is InChI=1S/C29H32Cl2FN3O4S/c1-4-20(2)33-29(37)27(15-21-9-6-5-7-10-21)34(18-22-13-14-23(30)16-26(22)31)28(36)19-35(40(3,38)39)25-12-8-11-24(32)17-25/h5-14,16-17,20,27H,4,15,18-19H2,1-3H3,(H,33,37)/t20-,27+/m0/s1. The molecule has 2 atom stereocenters. The Morgan fingerprint density at radius 3 is 2.30 bits per heavy atom. The second kappa shape index (κ2) is 14.0. The number of hydrogen-bond donors (Lipinski definition) is 1. The van der Waals surface area contributed by atoms with Gasteiger partial charge >= 0.3 is 0 Å². The van der Waals surface area contributed by atoms with E-state index in [2.05, 4.69) is 5.32 Å². The number of amides is 2. The highest BCUT2D eigenvalue weighted by molar-refractivity contribution is 7.92. The van der Waals surface area contributed by atoms with Crippen LogP contribution in [0.2, 0.25) is 10.0 Å². The number of nitrogens with one attached hydrogen (secondary N) is 1. The normalized spacial score (nSPS) is 12.8. The van der Waals surface area contributed by atoms with Crippen LogP contribution in [0.4, 0.5) is 10.1 Å². The highest BCUT2D eigenvalue weighted by atomic mass is 35.5. The summed E-state index contributed by atoms with van der Waals surface area (Å²) >= 11 is 12.5. The van der Waals surface area contributed by atoms with Gasteiger partial charge in [-0.1, -0.05) is 72.6 Å². The third kappa shape index (κ3) is 8.68. The van der Waals surface area contributed by atoms with Crippen LogP contribution in [0.3, 0.4) is 0 Å². The Bertz CT molecular complexity index is 1440. The average Bonchev–Trinajstić information content (AvgIpc) is 2.90. The van der Waals surface area contributed by atoms with Gasteiger partial charge in [0.05, 0.1) is 11.9 Å². The first kappa shape index (κ1) is 31.4. The van der Waals surface area contributed by atoms with Crippen LogP contribution >= 0.6 is 23.2 Å². The van der Waals surface area contributed by atoms with E-state index in [1.165, 1.54) is 29.2 Å². The zero-order valence-corrected chi connectivity index (χ0v) is 24.8. The van der Waals surface area contributed by atoms with E-state index in [4.69, 9.17) is 23.2 Å². The van der Waals surface area contributed by atoms with Crippen LogP contribution in [-0.2, 0) is 32.6 Å². The van der Waals surface area contributed by atoms with E-state index in [-0.39, 0.29) is 29.7 Å². The first-order valence-corrected chi connectivity index (χ1v) is 15.3. The van der Waals surface area contributed by atoms with Crippen LogP contribution in [-0.4, -0.2) is 50.0 Å². The number of carbonyl (C=O) groups is 2. The van der Waals surface area contributed by atoms with Crippen LogP contribution in [0, 0.1) is 5.82 Å². The molecular formula is C29H32Cl2FN3O4S. The van der Waals surface area contributed by atoms with E-state index in [1.54, 1.807) is 12.1 Å². The summed E-state index contributed by atoms with van der Waals surface area (Å²) in [5.74, 6) is -1.72.